The molecule has 0 radical (unpaired) electrons. The second-order valence-corrected chi connectivity index (χ2v) is 4.68. The molecule has 0 bridgehead atoms. The zero-order chi connectivity index (χ0) is 11.8. The summed E-state index contributed by atoms with van der Waals surface area (Å²) in [5.41, 5.74) is 5.56. The topological polar surface area (TPSA) is 59.8 Å². The predicted molar refractivity (Wildman–Crippen MR) is 65.0 cm³/mol. The highest BCUT2D eigenvalue weighted by Gasteiger charge is 2.33. The van der Waals surface area contributed by atoms with Crippen molar-refractivity contribution in [2.24, 2.45) is 11.7 Å². The van der Waals surface area contributed by atoms with Gasteiger partial charge >= 0.3 is 0 Å². The lowest BCUT2D eigenvalue weighted by Crippen LogP contribution is -2.24. The molecule has 3 atom stereocenters. The summed E-state index contributed by atoms with van der Waals surface area (Å²) in [6.45, 7) is 6.93. The van der Waals surface area contributed by atoms with Crippen LogP contribution in [0.1, 0.15) is 39.5 Å². The van der Waals surface area contributed by atoms with Crippen molar-refractivity contribution in [2.75, 3.05) is 19.9 Å². The molecule has 0 amide bonds. The lowest BCUT2D eigenvalue weighted by atomic mass is 10.0. The Bertz CT molecular complexity index is 178. The Kier molecular flexibility index (Phi) is 6.96. The fourth-order valence-electron chi connectivity index (χ4n) is 1.75. The summed E-state index contributed by atoms with van der Waals surface area (Å²) >= 11 is 0. The van der Waals surface area contributed by atoms with Crippen molar-refractivity contribution in [2.45, 2.75) is 51.9 Å². The van der Waals surface area contributed by atoms with E-state index in [4.69, 9.17) is 15.2 Å². The molecule has 3 N–H and O–H groups in total. The van der Waals surface area contributed by atoms with E-state index in [0.717, 1.165) is 26.0 Å². The molecule has 16 heavy (non-hydrogen) atoms. The van der Waals surface area contributed by atoms with Gasteiger partial charge in [-0.25, -0.2) is 0 Å². The Morgan fingerprint density at radius 1 is 1.50 bits per heavy atom. The quantitative estimate of drug-likeness (QED) is 0.339. The molecule has 0 spiro atoms. The van der Waals surface area contributed by atoms with Gasteiger partial charge in [0.05, 0.1) is 12.8 Å². The summed E-state index contributed by atoms with van der Waals surface area (Å²) in [4.78, 5) is 0. The van der Waals surface area contributed by atoms with E-state index >= 15 is 0 Å². The molecule has 1 rings (SSSR count). The van der Waals surface area contributed by atoms with Crippen LogP contribution in [0, 0.1) is 5.92 Å². The lowest BCUT2D eigenvalue weighted by Gasteiger charge is -2.12. The van der Waals surface area contributed by atoms with Gasteiger partial charge in [0.2, 0.25) is 0 Å². The fraction of sp³-hybridized carbons (Fsp3) is 1.00. The maximum atomic E-state index is 5.56. The van der Waals surface area contributed by atoms with Crippen LogP contribution in [0.2, 0.25) is 0 Å². The summed E-state index contributed by atoms with van der Waals surface area (Å²) in [5.74, 6) is 0.695. The highest BCUT2D eigenvalue weighted by Crippen LogP contribution is 2.23. The summed E-state index contributed by atoms with van der Waals surface area (Å²) in [5, 5.41) is 3.30. The van der Waals surface area contributed by atoms with Crippen molar-refractivity contribution in [3.8, 4) is 0 Å². The minimum Gasteiger partial charge on any atom is -0.366 e. The molecule has 1 saturated heterocycles. The smallest absolute Gasteiger partial charge is 0.132 e. The number of hydrogen-bond donors (Lipinski definition) is 2. The largest absolute Gasteiger partial charge is 0.366 e. The van der Waals surface area contributed by atoms with Crippen molar-refractivity contribution in [1.29, 1.82) is 0 Å². The molecule has 3 unspecified atom stereocenters. The van der Waals surface area contributed by atoms with E-state index in [2.05, 4.69) is 19.2 Å². The highest BCUT2D eigenvalue weighted by atomic mass is 16.6. The molecule has 96 valence electrons. The van der Waals surface area contributed by atoms with Crippen LogP contribution in [-0.2, 0) is 9.47 Å². The van der Waals surface area contributed by atoms with Crippen LogP contribution in [0.25, 0.3) is 0 Å². The number of nitrogens with one attached hydrogen (secondary N) is 1. The average Bonchev–Trinajstić information content (AvgIpc) is 2.94. The van der Waals surface area contributed by atoms with Crippen LogP contribution < -0.4 is 11.1 Å². The van der Waals surface area contributed by atoms with Gasteiger partial charge in [0.15, 0.2) is 0 Å². The van der Waals surface area contributed by atoms with E-state index in [-0.39, 0.29) is 6.23 Å². The van der Waals surface area contributed by atoms with Crippen LogP contribution in [0.5, 0.6) is 0 Å². The zero-order valence-corrected chi connectivity index (χ0v) is 10.6. The third-order valence-electron chi connectivity index (χ3n) is 2.85. The second kappa shape index (κ2) is 8.01. The molecule has 1 aliphatic rings. The van der Waals surface area contributed by atoms with Crippen molar-refractivity contribution in [1.82, 2.24) is 5.32 Å². The average molecular weight is 230 g/mol. The number of rotatable bonds is 10. The fourth-order valence-corrected chi connectivity index (χ4v) is 1.75. The van der Waals surface area contributed by atoms with Gasteiger partial charge in [0, 0.05) is 6.61 Å². The van der Waals surface area contributed by atoms with Crippen LogP contribution in [0.3, 0.4) is 0 Å². The third-order valence-corrected chi connectivity index (χ3v) is 2.85. The van der Waals surface area contributed by atoms with Gasteiger partial charge in [-0.1, -0.05) is 20.3 Å². The molecule has 4 nitrogen and oxygen atoms in total. The lowest BCUT2D eigenvalue weighted by molar-refractivity contribution is 0.114. The number of epoxide rings is 1. The van der Waals surface area contributed by atoms with Gasteiger partial charge in [-0.2, -0.15) is 0 Å². The standard InChI is InChI=1S/C12H26N2O2/c1-3-7-15-9-14-8-10(2)5-4-6-11-12(13)16-11/h10-12,14H,3-9,13H2,1-2H3. The minimum atomic E-state index is 0.0240. The number of hydrogen-bond acceptors (Lipinski definition) is 4. The molecule has 0 aromatic heterocycles. The molecule has 1 aliphatic heterocycles. The molecular formula is C12H26N2O2. The molecule has 4 heteroatoms. The summed E-state index contributed by atoms with van der Waals surface area (Å²) < 4.78 is 10.5. The van der Waals surface area contributed by atoms with Gasteiger partial charge < -0.3 is 15.2 Å². The summed E-state index contributed by atoms with van der Waals surface area (Å²) in [6, 6.07) is 0. The van der Waals surface area contributed by atoms with E-state index in [0.29, 0.717) is 18.8 Å². The third kappa shape index (κ3) is 6.43. The Morgan fingerprint density at radius 3 is 2.88 bits per heavy atom. The number of nitrogens with two attached hydrogens (primary N) is 1. The first-order chi connectivity index (χ1) is 7.74. The second-order valence-electron chi connectivity index (χ2n) is 4.68. The minimum absolute atomic E-state index is 0.0240. The molecular weight excluding hydrogens is 204 g/mol. The van der Waals surface area contributed by atoms with Crippen molar-refractivity contribution < 1.29 is 9.47 Å². The Balaban J connectivity index is 1.81. The molecule has 0 saturated carbocycles. The predicted octanol–water partition coefficient (Wildman–Crippen LogP) is 1.45. The zero-order valence-electron chi connectivity index (χ0n) is 10.6. The van der Waals surface area contributed by atoms with Gasteiger partial charge in [-0.05, 0) is 31.7 Å². The van der Waals surface area contributed by atoms with Crippen molar-refractivity contribution in [3.05, 3.63) is 0 Å². The van der Waals surface area contributed by atoms with E-state index in [9.17, 15) is 0 Å². The number of ether oxygens (including phenoxy) is 2. The van der Waals surface area contributed by atoms with Crippen LogP contribution in [-0.4, -0.2) is 32.2 Å². The van der Waals surface area contributed by atoms with E-state index in [1.807, 2.05) is 0 Å². The van der Waals surface area contributed by atoms with Crippen LogP contribution in [0.15, 0.2) is 0 Å². The molecule has 0 aromatic rings. The summed E-state index contributed by atoms with van der Waals surface area (Å²) in [7, 11) is 0. The van der Waals surface area contributed by atoms with Gasteiger partial charge in [-0.3, -0.25) is 5.32 Å². The highest BCUT2D eigenvalue weighted by molar-refractivity contribution is 4.78. The summed E-state index contributed by atoms with van der Waals surface area (Å²) in [6.07, 6.45) is 4.99. The van der Waals surface area contributed by atoms with Gasteiger partial charge in [0.25, 0.3) is 0 Å². The Morgan fingerprint density at radius 2 is 2.25 bits per heavy atom. The van der Waals surface area contributed by atoms with E-state index in [1.54, 1.807) is 0 Å². The van der Waals surface area contributed by atoms with Crippen molar-refractivity contribution >= 4 is 0 Å². The van der Waals surface area contributed by atoms with Gasteiger partial charge in [0.1, 0.15) is 6.23 Å². The maximum absolute atomic E-state index is 5.56. The monoisotopic (exact) mass is 230 g/mol. The van der Waals surface area contributed by atoms with Crippen LogP contribution >= 0.6 is 0 Å². The van der Waals surface area contributed by atoms with Gasteiger partial charge in [-0.15, -0.1) is 0 Å². The van der Waals surface area contributed by atoms with Crippen molar-refractivity contribution in [3.63, 3.8) is 0 Å². The maximum Gasteiger partial charge on any atom is 0.132 e. The van der Waals surface area contributed by atoms with Crippen LogP contribution in [0.4, 0.5) is 0 Å². The Labute approximate surface area is 98.9 Å². The molecule has 0 aliphatic carbocycles. The molecule has 1 fully saturated rings. The van der Waals surface area contributed by atoms with E-state index in [1.165, 1.54) is 12.8 Å². The van der Waals surface area contributed by atoms with E-state index < -0.39 is 0 Å². The normalized spacial score (nSPS) is 25.7. The first kappa shape index (κ1) is 13.9. The molecule has 1 heterocycles. The Hall–Kier alpha value is -0.160. The molecule has 0 aromatic carbocycles. The first-order valence-corrected chi connectivity index (χ1v) is 6.43. The first-order valence-electron chi connectivity index (χ1n) is 6.43. The SMILES string of the molecule is CCCOCNCC(C)CCCC1OC1N.